The number of rotatable bonds is 6. The molecular weight excluding hydrogens is 398 g/mol. The Labute approximate surface area is 195 Å². The largest absolute Gasteiger partial charge is 0.310 e. The fourth-order valence-electron chi connectivity index (χ4n) is 4.03. The minimum absolute atomic E-state index is 1.13. The summed E-state index contributed by atoms with van der Waals surface area (Å²) in [5.74, 6) is 0. The predicted molar refractivity (Wildman–Crippen MR) is 142 cm³/mol. The van der Waals surface area contributed by atoms with Gasteiger partial charge in [0.25, 0.3) is 0 Å². The van der Waals surface area contributed by atoms with E-state index in [0.29, 0.717) is 0 Å². The second-order valence-electron chi connectivity index (χ2n) is 7.89. The molecule has 0 aromatic heterocycles. The SMILES string of the molecule is C(=C\c1ccc(N(c2ccccc2)c2ccccc2-c2ccccc2)cc1)/c1ccccc1. The van der Waals surface area contributed by atoms with Gasteiger partial charge >= 0.3 is 0 Å². The quantitative estimate of drug-likeness (QED) is 0.246. The molecule has 0 atom stereocenters. The Kier molecular flexibility index (Phi) is 6.13. The van der Waals surface area contributed by atoms with Crippen molar-refractivity contribution in [3.8, 4) is 11.1 Å². The van der Waals surface area contributed by atoms with Crippen molar-refractivity contribution < 1.29 is 0 Å². The molecule has 5 aromatic carbocycles. The lowest BCUT2D eigenvalue weighted by molar-refractivity contribution is 1.28. The van der Waals surface area contributed by atoms with Crippen LogP contribution in [0.3, 0.4) is 0 Å². The third-order valence-corrected chi connectivity index (χ3v) is 5.66. The lowest BCUT2D eigenvalue weighted by atomic mass is 10.0. The van der Waals surface area contributed by atoms with Gasteiger partial charge in [-0.25, -0.2) is 0 Å². The van der Waals surface area contributed by atoms with Gasteiger partial charge in [-0.15, -0.1) is 0 Å². The molecule has 5 aromatic rings. The molecule has 33 heavy (non-hydrogen) atoms. The van der Waals surface area contributed by atoms with Crippen LogP contribution < -0.4 is 4.90 Å². The summed E-state index contributed by atoms with van der Waals surface area (Å²) in [5, 5.41) is 0. The molecule has 1 nitrogen and oxygen atoms in total. The molecular formula is C32H25N. The van der Waals surface area contributed by atoms with Crippen molar-refractivity contribution >= 4 is 29.2 Å². The fourth-order valence-corrected chi connectivity index (χ4v) is 4.03. The van der Waals surface area contributed by atoms with Crippen LogP contribution in [0.25, 0.3) is 23.3 Å². The van der Waals surface area contributed by atoms with E-state index in [2.05, 4.69) is 151 Å². The highest BCUT2D eigenvalue weighted by atomic mass is 15.1. The van der Waals surface area contributed by atoms with Gasteiger partial charge in [-0.05, 0) is 47.0 Å². The number of para-hydroxylation sites is 2. The molecule has 0 saturated heterocycles. The lowest BCUT2D eigenvalue weighted by Crippen LogP contribution is -2.11. The number of hydrogen-bond donors (Lipinski definition) is 0. The summed E-state index contributed by atoms with van der Waals surface area (Å²) in [7, 11) is 0. The molecule has 0 fully saturated rings. The van der Waals surface area contributed by atoms with Crippen molar-refractivity contribution in [2.45, 2.75) is 0 Å². The zero-order chi connectivity index (χ0) is 22.3. The Morgan fingerprint density at radius 1 is 0.394 bits per heavy atom. The molecule has 0 amide bonds. The Balaban J connectivity index is 1.55. The van der Waals surface area contributed by atoms with Gasteiger partial charge in [-0.3, -0.25) is 0 Å². The average molecular weight is 424 g/mol. The van der Waals surface area contributed by atoms with E-state index in [9.17, 15) is 0 Å². The highest BCUT2D eigenvalue weighted by Gasteiger charge is 2.16. The molecule has 0 saturated carbocycles. The van der Waals surface area contributed by atoms with Gasteiger partial charge in [0.05, 0.1) is 5.69 Å². The molecule has 0 radical (unpaired) electrons. The van der Waals surface area contributed by atoms with Crippen molar-refractivity contribution in [3.05, 3.63) is 151 Å². The van der Waals surface area contributed by atoms with E-state index in [-0.39, 0.29) is 0 Å². The monoisotopic (exact) mass is 423 g/mol. The standard InChI is InChI=1S/C32H25N/c1-4-12-26(13-5-1)20-21-27-22-24-30(25-23-27)33(29-16-8-3-9-17-29)32-19-11-10-18-31(32)28-14-6-2-7-15-28/h1-25H/b21-20+. The van der Waals surface area contributed by atoms with E-state index < -0.39 is 0 Å². The minimum atomic E-state index is 1.13. The van der Waals surface area contributed by atoms with Crippen LogP contribution in [0.15, 0.2) is 140 Å². The lowest BCUT2D eigenvalue weighted by Gasteiger charge is -2.28. The number of nitrogens with zero attached hydrogens (tertiary/aromatic N) is 1. The van der Waals surface area contributed by atoms with Crippen LogP contribution in [0.1, 0.15) is 11.1 Å². The molecule has 5 rings (SSSR count). The maximum atomic E-state index is 2.33. The number of benzene rings is 5. The van der Waals surface area contributed by atoms with Gasteiger partial charge < -0.3 is 4.90 Å². The second kappa shape index (κ2) is 9.84. The van der Waals surface area contributed by atoms with Crippen LogP contribution in [0.4, 0.5) is 17.1 Å². The van der Waals surface area contributed by atoms with Crippen molar-refractivity contribution in [3.63, 3.8) is 0 Å². The Morgan fingerprint density at radius 2 is 0.879 bits per heavy atom. The van der Waals surface area contributed by atoms with Gasteiger partial charge in [0.2, 0.25) is 0 Å². The van der Waals surface area contributed by atoms with E-state index in [1.165, 1.54) is 22.3 Å². The van der Waals surface area contributed by atoms with Crippen molar-refractivity contribution in [2.75, 3.05) is 4.90 Å². The molecule has 0 spiro atoms. The summed E-state index contributed by atoms with van der Waals surface area (Å²) < 4.78 is 0. The fraction of sp³-hybridized carbons (Fsp3) is 0. The molecule has 0 unspecified atom stereocenters. The third-order valence-electron chi connectivity index (χ3n) is 5.66. The van der Waals surface area contributed by atoms with Crippen LogP contribution in [0, 0.1) is 0 Å². The second-order valence-corrected chi connectivity index (χ2v) is 7.89. The first-order valence-electron chi connectivity index (χ1n) is 11.2. The van der Waals surface area contributed by atoms with E-state index in [1.807, 2.05) is 6.07 Å². The van der Waals surface area contributed by atoms with Crippen LogP contribution in [0.2, 0.25) is 0 Å². The molecule has 1 heteroatoms. The van der Waals surface area contributed by atoms with Crippen LogP contribution >= 0.6 is 0 Å². The van der Waals surface area contributed by atoms with Crippen LogP contribution in [-0.4, -0.2) is 0 Å². The van der Waals surface area contributed by atoms with E-state index in [4.69, 9.17) is 0 Å². The Hall–Kier alpha value is -4.36. The molecule has 158 valence electrons. The highest BCUT2D eigenvalue weighted by Crippen LogP contribution is 2.40. The first kappa shape index (κ1) is 20.5. The first-order chi connectivity index (χ1) is 16.4. The van der Waals surface area contributed by atoms with Crippen LogP contribution in [-0.2, 0) is 0 Å². The third kappa shape index (κ3) is 4.78. The Bertz CT molecular complexity index is 1320. The topological polar surface area (TPSA) is 3.24 Å². The summed E-state index contributed by atoms with van der Waals surface area (Å²) in [4.78, 5) is 2.33. The molecule has 0 N–H and O–H groups in total. The van der Waals surface area contributed by atoms with Gasteiger partial charge in [-0.1, -0.05) is 121 Å². The molecule has 0 heterocycles. The van der Waals surface area contributed by atoms with Crippen molar-refractivity contribution in [2.24, 2.45) is 0 Å². The summed E-state index contributed by atoms with van der Waals surface area (Å²) in [6.07, 6.45) is 4.30. The number of anilines is 3. The zero-order valence-electron chi connectivity index (χ0n) is 18.4. The summed E-state index contributed by atoms with van der Waals surface area (Å²) >= 11 is 0. The minimum Gasteiger partial charge on any atom is -0.310 e. The summed E-state index contributed by atoms with van der Waals surface area (Å²) in [6.45, 7) is 0. The van der Waals surface area contributed by atoms with E-state index in [1.54, 1.807) is 0 Å². The average Bonchev–Trinajstić information content (AvgIpc) is 2.90. The summed E-state index contributed by atoms with van der Waals surface area (Å²) in [6, 6.07) is 48.8. The zero-order valence-corrected chi connectivity index (χ0v) is 18.4. The number of hydrogen-bond acceptors (Lipinski definition) is 1. The first-order valence-corrected chi connectivity index (χ1v) is 11.2. The molecule has 0 aliphatic carbocycles. The maximum absolute atomic E-state index is 2.33. The van der Waals surface area contributed by atoms with Crippen molar-refractivity contribution in [1.29, 1.82) is 0 Å². The maximum Gasteiger partial charge on any atom is 0.0540 e. The van der Waals surface area contributed by atoms with E-state index >= 15 is 0 Å². The van der Waals surface area contributed by atoms with Gasteiger partial charge in [0.1, 0.15) is 0 Å². The predicted octanol–water partition coefficient (Wildman–Crippen LogP) is 8.99. The van der Waals surface area contributed by atoms with Crippen molar-refractivity contribution in [1.82, 2.24) is 0 Å². The normalized spacial score (nSPS) is 10.9. The molecule has 0 bridgehead atoms. The van der Waals surface area contributed by atoms with Gasteiger partial charge in [0.15, 0.2) is 0 Å². The van der Waals surface area contributed by atoms with E-state index in [0.717, 1.165) is 17.1 Å². The van der Waals surface area contributed by atoms with Gasteiger partial charge in [-0.2, -0.15) is 0 Å². The smallest absolute Gasteiger partial charge is 0.0540 e. The molecule has 0 aliphatic rings. The van der Waals surface area contributed by atoms with Crippen LogP contribution in [0.5, 0.6) is 0 Å². The molecule has 0 aliphatic heterocycles. The Morgan fingerprint density at radius 3 is 1.55 bits per heavy atom. The summed E-state index contributed by atoms with van der Waals surface area (Å²) in [5.41, 5.74) is 8.19. The van der Waals surface area contributed by atoms with Gasteiger partial charge in [0, 0.05) is 16.9 Å². The highest BCUT2D eigenvalue weighted by molar-refractivity contribution is 5.88.